The van der Waals surface area contributed by atoms with E-state index in [2.05, 4.69) is 27.9 Å². The highest BCUT2D eigenvalue weighted by atomic mass is 32.2. The van der Waals surface area contributed by atoms with E-state index >= 15 is 0 Å². The van der Waals surface area contributed by atoms with Gasteiger partial charge in [0.05, 0.1) is 5.56 Å². The Hall–Kier alpha value is -1.27. The lowest BCUT2D eigenvalue weighted by atomic mass is 10.1. The Morgan fingerprint density at radius 3 is 2.84 bits per heavy atom. The second-order valence-electron chi connectivity index (χ2n) is 4.45. The second-order valence-corrected chi connectivity index (χ2v) is 6.13. The van der Waals surface area contributed by atoms with Crippen LogP contribution in [0.15, 0.2) is 24.5 Å². The lowest BCUT2D eigenvalue weighted by molar-refractivity contribution is 0.703. The van der Waals surface area contributed by atoms with Crippen LogP contribution in [-0.2, 0) is 0 Å². The Labute approximate surface area is 122 Å². The van der Waals surface area contributed by atoms with Crippen LogP contribution in [0.5, 0.6) is 0 Å². The number of pyridine rings is 1. The van der Waals surface area contributed by atoms with Crippen molar-refractivity contribution in [3.63, 3.8) is 0 Å². The van der Waals surface area contributed by atoms with E-state index in [0.717, 1.165) is 28.4 Å². The third-order valence-electron chi connectivity index (χ3n) is 2.75. The van der Waals surface area contributed by atoms with Crippen LogP contribution >= 0.6 is 23.3 Å². The number of rotatable bonds is 6. The molecule has 4 nitrogen and oxygen atoms in total. The number of anilines is 2. The average molecular weight is 294 g/mol. The number of aromatic nitrogens is 2. The summed E-state index contributed by atoms with van der Waals surface area (Å²) >= 11 is 3.28. The van der Waals surface area contributed by atoms with Gasteiger partial charge in [0.1, 0.15) is 10.8 Å². The second kappa shape index (κ2) is 6.77. The molecule has 0 aliphatic rings. The molecule has 2 rings (SSSR count). The SMILES string of the molecule is CSCC(C)CNc1snc(N)c1-c1ccncc1. The van der Waals surface area contributed by atoms with E-state index in [9.17, 15) is 0 Å². The Morgan fingerprint density at radius 1 is 1.42 bits per heavy atom. The zero-order valence-corrected chi connectivity index (χ0v) is 12.7. The molecule has 2 heterocycles. The molecular weight excluding hydrogens is 276 g/mol. The predicted octanol–water partition coefficient (Wildman–Crippen LogP) is 3.20. The van der Waals surface area contributed by atoms with Crippen LogP contribution in [0.3, 0.4) is 0 Å². The van der Waals surface area contributed by atoms with E-state index in [4.69, 9.17) is 5.73 Å². The van der Waals surface area contributed by atoms with Gasteiger partial charge in [-0.3, -0.25) is 4.98 Å². The molecule has 102 valence electrons. The first-order valence-electron chi connectivity index (χ1n) is 6.10. The van der Waals surface area contributed by atoms with Gasteiger partial charge >= 0.3 is 0 Å². The van der Waals surface area contributed by atoms with Crippen molar-refractivity contribution >= 4 is 34.1 Å². The molecule has 0 saturated heterocycles. The quantitative estimate of drug-likeness (QED) is 0.856. The van der Waals surface area contributed by atoms with Gasteiger partial charge < -0.3 is 11.1 Å². The highest BCUT2D eigenvalue weighted by Crippen LogP contribution is 2.36. The van der Waals surface area contributed by atoms with E-state index in [1.807, 2.05) is 23.9 Å². The van der Waals surface area contributed by atoms with Crippen molar-refractivity contribution in [1.82, 2.24) is 9.36 Å². The Bertz CT molecular complexity index is 513. The summed E-state index contributed by atoms with van der Waals surface area (Å²) in [6.07, 6.45) is 5.67. The zero-order valence-electron chi connectivity index (χ0n) is 11.1. The minimum Gasteiger partial charge on any atom is -0.382 e. The van der Waals surface area contributed by atoms with Crippen LogP contribution in [0.25, 0.3) is 11.1 Å². The third-order valence-corrected chi connectivity index (χ3v) is 4.47. The van der Waals surface area contributed by atoms with Crippen molar-refractivity contribution in [2.45, 2.75) is 6.92 Å². The van der Waals surface area contributed by atoms with Crippen molar-refractivity contribution in [3.05, 3.63) is 24.5 Å². The molecule has 0 fully saturated rings. The standard InChI is InChI=1S/C13H18N4S2/c1-9(8-18-2)7-16-13-11(12(14)17-19-13)10-3-5-15-6-4-10/h3-6,9,16H,7-8H2,1-2H3,(H2,14,17). The summed E-state index contributed by atoms with van der Waals surface area (Å²) in [6, 6.07) is 3.91. The lowest BCUT2D eigenvalue weighted by Gasteiger charge is -2.12. The average Bonchev–Trinajstić information content (AvgIpc) is 2.79. The molecule has 1 atom stereocenters. The van der Waals surface area contributed by atoms with Gasteiger partial charge in [0, 0.05) is 18.9 Å². The van der Waals surface area contributed by atoms with Crippen LogP contribution in [0.4, 0.5) is 10.8 Å². The first-order chi connectivity index (χ1) is 9.22. The van der Waals surface area contributed by atoms with E-state index in [-0.39, 0.29) is 0 Å². The fraction of sp³-hybridized carbons (Fsp3) is 0.385. The van der Waals surface area contributed by atoms with Gasteiger partial charge in [-0.25, -0.2) is 0 Å². The summed E-state index contributed by atoms with van der Waals surface area (Å²) < 4.78 is 4.25. The van der Waals surface area contributed by atoms with Gasteiger partial charge in [0.25, 0.3) is 0 Å². The minimum absolute atomic E-state index is 0.580. The molecule has 0 saturated carbocycles. The summed E-state index contributed by atoms with van der Waals surface area (Å²) in [6.45, 7) is 3.17. The van der Waals surface area contributed by atoms with Crippen LogP contribution in [0.2, 0.25) is 0 Å². The fourth-order valence-electron chi connectivity index (χ4n) is 1.83. The van der Waals surface area contributed by atoms with Crippen molar-refractivity contribution in [3.8, 4) is 11.1 Å². The molecule has 2 aromatic heterocycles. The maximum atomic E-state index is 5.97. The Morgan fingerprint density at radius 2 is 2.16 bits per heavy atom. The summed E-state index contributed by atoms with van der Waals surface area (Å²) in [5, 5.41) is 4.50. The molecule has 0 amide bonds. The smallest absolute Gasteiger partial charge is 0.147 e. The molecule has 0 aromatic carbocycles. The maximum Gasteiger partial charge on any atom is 0.147 e. The fourth-order valence-corrected chi connectivity index (χ4v) is 3.26. The lowest BCUT2D eigenvalue weighted by Crippen LogP contribution is -2.13. The number of nitrogens with one attached hydrogen (secondary N) is 1. The van der Waals surface area contributed by atoms with Crippen LogP contribution in [0.1, 0.15) is 6.92 Å². The first kappa shape index (κ1) is 14.1. The van der Waals surface area contributed by atoms with Crippen LogP contribution in [0, 0.1) is 5.92 Å². The number of thioether (sulfide) groups is 1. The van der Waals surface area contributed by atoms with Crippen molar-refractivity contribution in [2.75, 3.05) is 29.6 Å². The van der Waals surface area contributed by atoms with Crippen molar-refractivity contribution in [2.24, 2.45) is 5.92 Å². The van der Waals surface area contributed by atoms with E-state index in [0.29, 0.717) is 11.7 Å². The minimum atomic E-state index is 0.580. The van der Waals surface area contributed by atoms with Crippen LogP contribution in [-0.4, -0.2) is 27.9 Å². The molecule has 2 aromatic rings. The summed E-state index contributed by atoms with van der Waals surface area (Å²) in [5.41, 5.74) is 8.02. The van der Waals surface area contributed by atoms with Gasteiger partial charge in [-0.15, -0.1) is 0 Å². The number of hydrogen-bond donors (Lipinski definition) is 2. The molecule has 0 bridgehead atoms. The molecule has 0 spiro atoms. The highest BCUT2D eigenvalue weighted by molar-refractivity contribution is 7.98. The van der Waals surface area contributed by atoms with E-state index < -0.39 is 0 Å². The Balaban J connectivity index is 2.14. The van der Waals surface area contributed by atoms with E-state index in [1.54, 1.807) is 12.4 Å². The van der Waals surface area contributed by atoms with Crippen molar-refractivity contribution in [1.29, 1.82) is 0 Å². The molecule has 0 aliphatic heterocycles. The predicted molar refractivity (Wildman–Crippen MR) is 85.8 cm³/mol. The number of nitrogens with two attached hydrogens (primary N) is 1. The topological polar surface area (TPSA) is 63.8 Å². The third kappa shape index (κ3) is 3.61. The first-order valence-corrected chi connectivity index (χ1v) is 8.27. The molecule has 0 aliphatic carbocycles. The van der Waals surface area contributed by atoms with Gasteiger partial charge in [0.15, 0.2) is 0 Å². The Kier molecular flexibility index (Phi) is 5.04. The van der Waals surface area contributed by atoms with Crippen LogP contribution < -0.4 is 11.1 Å². The van der Waals surface area contributed by atoms with Gasteiger partial charge in [-0.2, -0.15) is 16.1 Å². The summed E-state index contributed by atoms with van der Waals surface area (Å²) in [5.74, 6) is 2.34. The molecule has 19 heavy (non-hydrogen) atoms. The highest BCUT2D eigenvalue weighted by Gasteiger charge is 2.14. The van der Waals surface area contributed by atoms with Gasteiger partial charge in [-0.05, 0) is 47.2 Å². The zero-order chi connectivity index (χ0) is 13.7. The van der Waals surface area contributed by atoms with Gasteiger partial charge in [0.2, 0.25) is 0 Å². The number of hydrogen-bond acceptors (Lipinski definition) is 6. The number of nitrogens with zero attached hydrogens (tertiary/aromatic N) is 2. The van der Waals surface area contributed by atoms with Crippen molar-refractivity contribution < 1.29 is 0 Å². The molecular formula is C13H18N4S2. The molecule has 3 N–H and O–H groups in total. The van der Waals surface area contributed by atoms with E-state index in [1.165, 1.54) is 11.5 Å². The maximum absolute atomic E-state index is 5.97. The molecule has 6 heteroatoms. The monoisotopic (exact) mass is 294 g/mol. The summed E-state index contributed by atoms with van der Waals surface area (Å²) in [7, 11) is 0. The molecule has 0 radical (unpaired) electrons. The van der Waals surface area contributed by atoms with Gasteiger partial charge in [-0.1, -0.05) is 6.92 Å². The summed E-state index contributed by atoms with van der Waals surface area (Å²) in [4.78, 5) is 4.03. The normalized spacial score (nSPS) is 12.3. The largest absolute Gasteiger partial charge is 0.382 e. The number of nitrogen functional groups attached to an aromatic ring is 1. The molecule has 1 unspecified atom stereocenters.